The summed E-state index contributed by atoms with van der Waals surface area (Å²) in [5.41, 5.74) is 1.22. The number of aromatic nitrogens is 4. The van der Waals surface area contributed by atoms with E-state index in [2.05, 4.69) is 20.3 Å². The molecule has 2 heterocycles. The summed E-state index contributed by atoms with van der Waals surface area (Å²) in [6, 6.07) is 14.0. The van der Waals surface area contributed by atoms with Crippen molar-refractivity contribution in [1.82, 2.24) is 19.5 Å². The molecule has 4 rings (SSSR count). The fourth-order valence-electron chi connectivity index (χ4n) is 2.96. The number of benzene rings is 2. The number of hydrogen-bond acceptors (Lipinski definition) is 6. The minimum atomic E-state index is -0.394. The molecule has 0 aliphatic heterocycles. The molecule has 0 radical (unpaired) electrons. The second-order valence-electron chi connectivity index (χ2n) is 6.62. The average molecular weight is 436 g/mol. The molecule has 0 aliphatic carbocycles. The van der Waals surface area contributed by atoms with Gasteiger partial charge in [0.25, 0.3) is 5.56 Å². The molecule has 2 aromatic heterocycles. The molecule has 0 unspecified atom stereocenters. The van der Waals surface area contributed by atoms with Gasteiger partial charge < -0.3 is 10.1 Å². The van der Waals surface area contributed by atoms with Gasteiger partial charge in [0, 0.05) is 22.5 Å². The Hall–Kier alpha value is -3.78. The van der Waals surface area contributed by atoms with Crippen molar-refractivity contribution in [2.24, 2.45) is 0 Å². The molecule has 1 amide bonds. The van der Waals surface area contributed by atoms with Gasteiger partial charge in [0.05, 0.1) is 6.61 Å². The van der Waals surface area contributed by atoms with E-state index in [1.807, 2.05) is 6.92 Å². The van der Waals surface area contributed by atoms with Gasteiger partial charge in [-0.15, -0.1) is 0 Å². The number of rotatable bonds is 6. The van der Waals surface area contributed by atoms with Gasteiger partial charge >= 0.3 is 0 Å². The number of hydrogen-bond donors (Lipinski definition) is 1. The number of nitrogens with zero attached hydrogens (tertiary/aromatic N) is 4. The molecular weight excluding hydrogens is 418 g/mol. The molecule has 156 valence electrons. The largest absolute Gasteiger partial charge is 0.494 e. The molecule has 1 N–H and O–H groups in total. The first-order valence-electron chi connectivity index (χ1n) is 9.54. The lowest BCUT2D eigenvalue weighted by atomic mass is 10.2. The van der Waals surface area contributed by atoms with E-state index in [-0.39, 0.29) is 23.5 Å². The van der Waals surface area contributed by atoms with Gasteiger partial charge in [0.15, 0.2) is 11.5 Å². The summed E-state index contributed by atoms with van der Waals surface area (Å²) < 4.78 is 6.60. The lowest BCUT2D eigenvalue weighted by molar-refractivity contribution is -0.116. The number of fused-ring (bicyclic) bond motifs is 1. The monoisotopic (exact) mass is 435 g/mol. The quantitative estimate of drug-likeness (QED) is 0.497. The Morgan fingerprint density at radius 2 is 1.84 bits per heavy atom. The normalized spacial score (nSPS) is 10.8. The van der Waals surface area contributed by atoms with Crippen LogP contribution in [0.2, 0.25) is 5.02 Å². The summed E-state index contributed by atoms with van der Waals surface area (Å²) in [5.74, 6) is 0.793. The van der Waals surface area contributed by atoms with Crippen molar-refractivity contribution in [1.29, 1.82) is 0 Å². The number of halogens is 1. The van der Waals surface area contributed by atoms with Crippen molar-refractivity contribution in [3.63, 3.8) is 0 Å². The van der Waals surface area contributed by atoms with Crippen LogP contribution < -0.4 is 15.6 Å². The number of ether oxygens (including phenoxy) is 1. The Bertz CT molecular complexity index is 1290. The third kappa shape index (κ3) is 4.70. The van der Waals surface area contributed by atoms with E-state index < -0.39 is 5.56 Å². The number of carbonyl (C=O) groups is 1. The Morgan fingerprint density at radius 3 is 2.55 bits per heavy atom. The van der Waals surface area contributed by atoms with Gasteiger partial charge in [-0.2, -0.15) is 0 Å². The fraction of sp³-hybridized carbons (Fsp3) is 0.136. The zero-order valence-corrected chi connectivity index (χ0v) is 17.3. The third-order valence-corrected chi connectivity index (χ3v) is 4.70. The minimum absolute atomic E-state index is 0.187. The Kier molecular flexibility index (Phi) is 5.90. The fourth-order valence-corrected chi connectivity index (χ4v) is 3.09. The van der Waals surface area contributed by atoms with Crippen molar-refractivity contribution >= 4 is 34.2 Å². The van der Waals surface area contributed by atoms with E-state index in [0.29, 0.717) is 28.9 Å². The molecule has 0 atom stereocenters. The number of anilines is 1. The molecule has 0 saturated heterocycles. The van der Waals surface area contributed by atoms with Gasteiger partial charge in [-0.1, -0.05) is 11.6 Å². The highest BCUT2D eigenvalue weighted by molar-refractivity contribution is 6.30. The van der Waals surface area contributed by atoms with Crippen LogP contribution in [-0.4, -0.2) is 32.0 Å². The molecule has 4 aromatic rings. The van der Waals surface area contributed by atoms with Gasteiger partial charge in [0.1, 0.15) is 24.0 Å². The first kappa shape index (κ1) is 20.5. The van der Waals surface area contributed by atoms with Crippen molar-refractivity contribution in [2.75, 3.05) is 11.9 Å². The van der Waals surface area contributed by atoms with Crippen LogP contribution in [0, 0.1) is 0 Å². The van der Waals surface area contributed by atoms with Gasteiger partial charge in [-0.3, -0.25) is 14.2 Å². The topological polar surface area (TPSA) is 99.0 Å². The zero-order chi connectivity index (χ0) is 21.8. The van der Waals surface area contributed by atoms with Crippen molar-refractivity contribution in [3.05, 3.63) is 76.4 Å². The lowest BCUT2D eigenvalue weighted by Crippen LogP contribution is -2.28. The summed E-state index contributed by atoms with van der Waals surface area (Å²) in [6.45, 7) is 2.27. The molecule has 31 heavy (non-hydrogen) atoms. The summed E-state index contributed by atoms with van der Waals surface area (Å²) in [7, 11) is 0. The standard InChI is InChI=1S/C22H18ClN5O3/c1-2-31-17-9-7-16(8-10-17)26-19(29)12-28-13-25-21-18(22(28)30)11-24-20(27-21)14-3-5-15(23)6-4-14/h3-11,13H,2,12H2,1H3,(H,26,29). The first-order chi connectivity index (χ1) is 15.0. The van der Waals surface area contributed by atoms with E-state index in [1.54, 1.807) is 48.5 Å². The lowest BCUT2D eigenvalue weighted by Gasteiger charge is -2.09. The highest BCUT2D eigenvalue weighted by Gasteiger charge is 2.11. The van der Waals surface area contributed by atoms with Gasteiger partial charge in [-0.05, 0) is 55.5 Å². The second kappa shape index (κ2) is 8.93. The molecule has 0 fully saturated rings. The summed E-state index contributed by atoms with van der Waals surface area (Å²) >= 11 is 5.91. The predicted molar refractivity (Wildman–Crippen MR) is 118 cm³/mol. The van der Waals surface area contributed by atoms with Crippen LogP contribution in [0.15, 0.2) is 65.8 Å². The van der Waals surface area contributed by atoms with Crippen LogP contribution in [0.4, 0.5) is 5.69 Å². The molecule has 0 saturated carbocycles. The van der Waals surface area contributed by atoms with Crippen LogP contribution >= 0.6 is 11.6 Å². The predicted octanol–water partition coefficient (Wildman–Crippen LogP) is 3.54. The molecule has 9 heteroatoms. The highest BCUT2D eigenvalue weighted by Crippen LogP contribution is 2.19. The maximum absolute atomic E-state index is 12.8. The van der Waals surface area contributed by atoms with Gasteiger partial charge in [0.2, 0.25) is 5.91 Å². The van der Waals surface area contributed by atoms with Crippen molar-refractivity contribution in [2.45, 2.75) is 13.5 Å². The smallest absolute Gasteiger partial charge is 0.264 e. The van der Waals surface area contributed by atoms with Crippen molar-refractivity contribution < 1.29 is 9.53 Å². The van der Waals surface area contributed by atoms with Crippen LogP contribution in [-0.2, 0) is 11.3 Å². The maximum Gasteiger partial charge on any atom is 0.264 e. The summed E-state index contributed by atoms with van der Waals surface area (Å²) in [5, 5.41) is 3.58. The molecular formula is C22H18ClN5O3. The third-order valence-electron chi connectivity index (χ3n) is 4.44. The Morgan fingerprint density at radius 1 is 1.10 bits per heavy atom. The zero-order valence-electron chi connectivity index (χ0n) is 16.6. The van der Waals surface area contributed by atoms with E-state index in [9.17, 15) is 9.59 Å². The minimum Gasteiger partial charge on any atom is -0.494 e. The van der Waals surface area contributed by atoms with Crippen LogP contribution in [0.1, 0.15) is 6.92 Å². The van der Waals surface area contributed by atoms with Crippen LogP contribution in [0.3, 0.4) is 0 Å². The highest BCUT2D eigenvalue weighted by atomic mass is 35.5. The summed E-state index contributed by atoms with van der Waals surface area (Å²) in [4.78, 5) is 38.0. The number of nitrogens with one attached hydrogen (secondary N) is 1. The van der Waals surface area contributed by atoms with E-state index in [0.717, 1.165) is 5.56 Å². The molecule has 0 spiro atoms. The maximum atomic E-state index is 12.8. The number of amides is 1. The molecule has 8 nitrogen and oxygen atoms in total. The van der Waals surface area contributed by atoms with E-state index in [1.165, 1.54) is 17.1 Å². The van der Waals surface area contributed by atoms with E-state index in [4.69, 9.17) is 16.3 Å². The summed E-state index contributed by atoms with van der Waals surface area (Å²) in [6.07, 6.45) is 2.73. The Balaban J connectivity index is 1.52. The van der Waals surface area contributed by atoms with Gasteiger partial charge in [-0.25, -0.2) is 15.0 Å². The van der Waals surface area contributed by atoms with E-state index >= 15 is 0 Å². The van der Waals surface area contributed by atoms with Crippen LogP contribution in [0.25, 0.3) is 22.4 Å². The van der Waals surface area contributed by atoms with Crippen molar-refractivity contribution in [3.8, 4) is 17.1 Å². The average Bonchev–Trinajstić information content (AvgIpc) is 2.77. The molecule has 0 bridgehead atoms. The Labute approximate surface area is 182 Å². The number of carbonyl (C=O) groups excluding carboxylic acids is 1. The first-order valence-corrected chi connectivity index (χ1v) is 9.92. The molecule has 0 aliphatic rings. The second-order valence-corrected chi connectivity index (χ2v) is 7.06. The van der Waals surface area contributed by atoms with Crippen LogP contribution in [0.5, 0.6) is 5.75 Å². The molecule has 2 aromatic carbocycles. The SMILES string of the molecule is CCOc1ccc(NC(=O)Cn2cnc3nc(-c4ccc(Cl)cc4)ncc3c2=O)cc1.